The zero-order chi connectivity index (χ0) is 12.7. The van der Waals surface area contributed by atoms with E-state index in [-0.39, 0.29) is 17.3 Å². The van der Waals surface area contributed by atoms with Gasteiger partial charge in [-0.15, -0.1) is 0 Å². The molecule has 0 radical (unpaired) electrons. The second kappa shape index (κ2) is 4.06. The zero-order valence-corrected chi connectivity index (χ0v) is 10.0. The highest BCUT2D eigenvalue weighted by Gasteiger charge is 2.37. The van der Waals surface area contributed by atoms with Crippen molar-refractivity contribution in [2.45, 2.75) is 5.92 Å². The first-order valence-corrected chi connectivity index (χ1v) is 6.23. The maximum atomic E-state index is 12.3. The van der Waals surface area contributed by atoms with Crippen molar-refractivity contribution < 1.29 is 19.4 Å². The van der Waals surface area contributed by atoms with Gasteiger partial charge in [-0.05, 0) is 11.5 Å². The predicted molar refractivity (Wildman–Crippen MR) is 63.5 cm³/mol. The van der Waals surface area contributed by atoms with Crippen LogP contribution in [-0.2, 0) is 9.53 Å². The minimum absolute atomic E-state index is 0.0466. The molecule has 0 saturated carbocycles. The van der Waals surface area contributed by atoms with Crippen molar-refractivity contribution in [2.75, 3.05) is 6.61 Å². The van der Waals surface area contributed by atoms with E-state index >= 15 is 0 Å². The Morgan fingerprint density at radius 1 is 1.56 bits per heavy atom. The molecule has 1 aliphatic heterocycles. The fourth-order valence-corrected chi connectivity index (χ4v) is 2.90. The van der Waals surface area contributed by atoms with Gasteiger partial charge < -0.3 is 9.84 Å². The number of Topliss-reactive ketones (excluding diaryl/α,β-unsaturated/α-hetero) is 1. The smallest absolute Gasteiger partial charge is 0.338 e. The number of ether oxygens (including phenoxy) is 1. The number of carboxylic acids is 1. The zero-order valence-electron chi connectivity index (χ0n) is 9.20. The Morgan fingerprint density at radius 3 is 3.17 bits per heavy atom. The summed E-state index contributed by atoms with van der Waals surface area (Å²) in [5, 5.41) is 10.5. The summed E-state index contributed by atoms with van der Waals surface area (Å²) in [5.41, 5.74) is 1.29. The van der Waals surface area contributed by atoms with Gasteiger partial charge >= 0.3 is 5.97 Å². The first-order valence-electron chi connectivity index (χ1n) is 5.39. The summed E-state index contributed by atoms with van der Waals surface area (Å²) < 4.78 is 9.19. The van der Waals surface area contributed by atoms with E-state index in [1.165, 1.54) is 5.38 Å². The van der Waals surface area contributed by atoms with Crippen LogP contribution in [0.25, 0.3) is 0 Å². The molecule has 3 rings (SSSR count). The summed E-state index contributed by atoms with van der Waals surface area (Å²) in [7, 11) is 0. The number of ketones is 1. The van der Waals surface area contributed by atoms with E-state index in [1.54, 1.807) is 12.3 Å². The lowest BCUT2D eigenvalue weighted by atomic mass is 9.81. The third-order valence-electron chi connectivity index (χ3n) is 3.14. The largest absolute Gasteiger partial charge is 0.500 e. The molecule has 0 bridgehead atoms. The molecule has 5 nitrogen and oxygen atoms in total. The van der Waals surface area contributed by atoms with Gasteiger partial charge in [0.2, 0.25) is 0 Å². The van der Waals surface area contributed by atoms with Crippen molar-refractivity contribution >= 4 is 23.3 Å². The average Bonchev–Trinajstić information content (AvgIpc) is 2.97. The number of hydrogen-bond donors (Lipinski definition) is 1. The molecule has 0 saturated heterocycles. The van der Waals surface area contributed by atoms with Crippen molar-refractivity contribution in [3.8, 4) is 0 Å². The number of carbonyl (C=O) groups excluding carboxylic acids is 1. The lowest BCUT2D eigenvalue weighted by Gasteiger charge is -2.20. The fraction of sp³-hybridized carbons (Fsp3) is 0.250. The standard InChI is InChI=1S/C12H9NO4S/c14-11-7(2-1-6-3-17-4-8(6)11)10-9(12(15)16)5-18-13-10/h1-3,5,7-8H,4H2,(H,15,16). The quantitative estimate of drug-likeness (QED) is 0.876. The molecular weight excluding hydrogens is 254 g/mol. The van der Waals surface area contributed by atoms with Gasteiger partial charge in [-0.25, -0.2) is 4.79 Å². The lowest BCUT2D eigenvalue weighted by Crippen LogP contribution is -2.27. The van der Waals surface area contributed by atoms with Crippen LogP contribution in [0.15, 0.2) is 29.4 Å². The molecule has 2 atom stereocenters. The molecule has 18 heavy (non-hydrogen) atoms. The van der Waals surface area contributed by atoms with Crippen LogP contribution in [0.1, 0.15) is 22.0 Å². The van der Waals surface area contributed by atoms with Crippen LogP contribution in [0.5, 0.6) is 0 Å². The molecular formula is C12H9NO4S. The monoisotopic (exact) mass is 263 g/mol. The van der Waals surface area contributed by atoms with Crippen LogP contribution in [0.2, 0.25) is 0 Å². The number of allylic oxidation sites excluding steroid dienone is 2. The van der Waals surface area contributed by atoms with Crippen molar-refractivity contribution in [3.05, 3.63) is 40.6 Å². The van der Waals surface area contributed by atoms with E-state index in [1.807, 2.05) is 6.08 Å². The van der Waals surface area contributed by atoms with Gasteiger partial charge in [0.25, 0.3) is 0 Å². The minimum atomic E-state index is -1.05. The Balaban J connectivity index is 2.01. The molecule has 0 aromatic carbocycles. The van der Waals surface area contributed by atoms with E-state index in [4.69, 9.17) is 9.84 Å². The minimum Gasteiger partial charge on any atom is -0.500 e. The summed E-state index contributed by atoms with van der Waals surface area (Å²) in [6.45, 7) is 0.335. The number of hydrogen-bond acceptors (Lipinski definition) is 5. The highest BCUT2D eigenvalue weighted by molar-refractivity contribution is 7.04. The Bertz CT molecular complexity index is 587. The number of carbonyl (C=O) groups is 2. The van der Waals surface area contributed by atoms with Crippen molar-refractivity contribution in [2.24, 2.45) is 5.92 Å². The third kappa shape index (κ3) is 1.57. The second-order valence-electron chi connectivity index (χ2n) is 4.16. The highest BCUT2D eigenvalue weighted by atomic mass is 32.1. The number of rotatable bonds is 2. The number of nitrogens with zero attached hydrogens (tertiary/aromatic N) is 1. The van der Waals surface area contributed by atoms with Gasteiger partial charge in [-0.3, -0.25) is 4.79 Å². The van der Waals surface area contributed by atoms with Gasteiger partial charge in [0, 0.05) is 11.0 Å². The molecule has 1 aromatic heterocycles. The second-order valence-corrected chi connectivity index (χ2v) is 4.79. The van der Waals surface area contributed by atoms with Crippen LogP contribution in [-0.4, -0.2) is 27.8 Å². The predicted octanol–water partition coefficient (Wildman–Crippen LogP) is 1.59. The normalized spacial score (nSPS) is 25.6. The number of fused-ring (bicyclic) bond motifs is 1. The third-order valence-corrected chi connectivity index (χ3v) is 3.78. The van der Waals surface area contributed by atoms with Crippen molar-refractivity contribution in [1.82, 2.24) is 4.37 Å². The summed E-state index contributed by atoms with van der Waals surface area (Å²) in [5.74, 6) is -1.96. The van der Waals surface area contributed by atoms with E-state index in [0.717, 1.165) is 17.1 Å². The number of aromatic nitrogens is 1. The summed E-state index contributed by atoms with van der Waals surface area (Å²) in [6.07, 6.45) is 5.09. The molecule has 6 heteroatoms. The summed E-state index contributed by atoms with van der Waals surface area (Å²) in [4.78, 5) is 23.3. The fourth-order valence-electron chi connectivity index (χ4n) is 2.20. The van der Waals surface area contributed by atoms with Crippen LogP contribution in [0.4, 0.5) is 0 Å². The molecule has 1 aromatic rings. The van der Waals surface area contributed by atoms with Gasteiger partial charge in [0.1, 0.15) is 6.61 Å². The maximum absolute atomic E-state index is 12.3. The van der Waals surface area contributed by atoms with Gasteiger partial charge in [-0.2, -0.15) is 4.37 Å². The number of carboxylic acid groups (broad SMARTS) is 1. The summed E-state index contributed by atoms with van der Waals surface area (Å²) >= 11 is 1.05. The first-order chi connectivity index (χ1) is 8.68. The number of aromatic carboxylic acids is 1. The van der Waals surface area contributed by atoms with Gasteiger partial charge in [0.15, 0.2) is 5.78 Å². The lowest BCUT2D eigenvalue weighted by molar-refractivity contribution is -0.122. The topological polar surface area (TPSA) is 76.5 Å². The SMILES string of the molecule is O=C(O)c1csnc1C1C=CC2=COCC2C1=O. The van der Waals surface area contributed by atoms with E-state index < -0.39 is 11.9 Å². The molecule has 0 amide bonds. The molecule has 1 N–H and O–H groups in total. The van der Waals surface area contributed by atoms with Crippen LogP contribution in [0, 0.1) is 5.92 Å². The summed E-state index contributed by atoms with van der Waals surface area (Å²) in [6, 6.07) is 0. The van der Waals surface area contributed by atoms with Crippen LogP contribution < -0.4 is 0 Å². The van der Waals surface area contributed by atoms with Crippen molar-refractivity contribution in [3.63, 3.8) is 0 Å². The molecule has 0 spiro atoms. The van der Waals surface area contributed by atoms with Gasteiger partial charge in [0.05, 0.1) is 29.4 Å². The Morgan fingerprint density at radius 2 is 2.39 bits per heavy atom. The Labute approximate surface area is 107 Å². The molecule has 1 aliphatic carbocycles. The van der Waals surface area contributed by atoms with Crippen LogP contribution >= 0.6 is 11.5 Å². The Kier molecular flexibility index (Phi) is 2.52. The van der Waals surface area contributed by atoms with E-state index in [9.17, 15) is 9.59 Å². The van der Waals surface area contributed by atoms with Gasteiger partial charge in [-0.1, -0.05) is 12.2 Å². The molecule has 2 unspecified atom stereocenters. The highest BCUT2D eigenvalue weighted by Crippen LogP contribution is 2.35. The van der Waals surface area contributed by atoms with E-state index in [2.05, 4.69) is 4.37 Å². The van der Waals surface area contributed by atoms with Crippen LogP contribution in [0.3, 0.4) is 0 Å². The van der Waals surface area contributed by atoms with E-state index in [0.29, 0.717) is 12.3 Å². The molecule has 2 heterocycles. The molecule has 2 aliphatic rings. The average molecular weight is 263 g/mol. The molecule has 92 valence electrons. The van der Waals surface area contributed by atoms with Crippen molar-refractivity contribution in [1.29, 1.82) is 0 Å². The maximum Gasteiger partial charge on any atom is 0.338 e. The Hall–Kier alpha value is -1.95. The molecule has 0 fully saturated rings. The first kappa shape index (κ1) is 11.2.